The average Bonchev–Trinajstić information content (AvgIpc) is 2.41. The van der Waals surface area contributed by atoms with Crippen LogP contribution in [-0.4, -0.2) is 20.6 Å². The van der Waals surface area contributed by atoms with Crippen molar-refractivity contribution >= 4 is 33.0 Å². The molecule has 2 aromatic carbocycles. The van der Waals surface area contributed by atoms with Crippen LogP contribution < -0.4 is 10.0 Å². The Labute approximate surface area is 126 Å². The van der Waals surface area contributed by atoms with Crippen LogP contribution in [0.3, 0.4) is 0 Å². The molecule has 0 atom stereocenters. The molecular weight excluding hydrogens is 319 g/mol. The van der Waals surface area contributed by atoms with E-state index in [1.54, 1.807) is 0 Å². The Kier molecular flexibility index (Phi) is 3.97. The highest BCUT2D eigenvalue weighted by Gasteiger charge is 2.27. The monoisotopic (exact) mass is 330 g/mol. The van der Waals surface area contributed by atoms with E-state index in [-0.39, 0.29) is 22.1 Å². The molecule has 0 unspecified atom stereocenters. The highest BCUT2D eigenvalue weighted by molar-refractivity contribution is 7.92. The number of nitrogens with two attached hydrogens (primary N) is 1. The van der Waals surface area contributed by atoms with Crippen LogP contribution in [-0.2, 0) is 10.0 Å². The molecule has 0 saturated carbocycles. The zero-order valence-corrected chi connectivity index (χ0v) is 12.5. The van der Waals surface area contributed by atoms with Crippen LogP contribution in [0.25, 0.3) is 0 Å². The van der Waals surface area contributed by atoms with Crippen molar-refractivity contribution in [3.8, 4) is 5.75 Å². The summed E-state index contributed by atoms with van der Waals surface area (Å²) in [6, 6.07) is 7.68. The lowest BCUT2D eigenvalue weighted by atomic mass is 10.3. The maximum Gasteiger partial charge on any atom is 0.267 e. The summed E-state index contributed by atoms with van der Waals surface area (Å²) in [6.45, 7) is 0. The predicted octanol–water partition coefficient (Wildman–Crippen LogP) is 2.59. The molecule has 0 bridgehead atoms. The van der Waals surface area contributed by atoms with Crippen LogP contribution in [0.4, 0.5) is 15.8 Å². The Bertz CT molecular complexity index is 796. The smallest absolute Gasteiger partial charge is 0.267 e. The van der Waals surface area contributed by atoms with E-state index in [1.165, 1.54) is 31.3 Å². The summed E-state index contributed by atoms with van der Waals surface area (Å²) in [5, 5.41) is 9.42. The molecule has 21 heavy (non-hydrogen) atoms. The van der Waals surface area contributed by atoms with Gasteiger partial charge in [-0.2, -0.15) is 0 Å². The van der Waals surface area contributed by atoms with Crippen LogP contribution in [0.1, 0.15) is 0 Å². The van der Waals surface area contributed by atoms with Gasteiger partial charge in [-0.25, -0.2) is 12.8 Å². The van der Waals surface area contributed by atoms with Crippen molar-refractivity contribution in [3.05, 3.63) is 47.2 Å². The summed E-state index contributed by atoms with van der Waals surface area (Å²) in [5.41, 5.74) is 5.22. The first kappa shape index (κ1) is 15.4. The fourth-order valence-corrected chi connectivity index (χ4v) is 3.35. The number of halogens is 2. The van der Waals surface area contributed by atoms with E-state index in [2.05, 4.69) is 0 Å². The number of benzene rings is 2. The predicted molar refractivity (Wildman–Crippen MR) is 79.5 cm³/mol. The highest BCUT2D eigenvalue weighted by atomic mass is 35.5. The minimum atomic E-state index is -4.20. The van der Waals surface area contributed by atoms with E-state index < -0.39 is 20.7 Å². The Morgan fingerprint density at radius 3 is 2.57 bits per heavy atom. The van der Waals surface area contributed by atoms with E-state index in [0.29, 0.717) is 0 Å². The first-order chi connectivity index (χ1) is 9.73. The van der Waals surface area contributed by atoms with Gasteiger partial charge in [0.05, 0.1) is 11.4 Å². The fraction of sp³-hybridized carbons (Fsp3) is 0.0769. The minimum absolute atomic E-state index is 0.0109. The van der Waals surface area contributed by atoms with Gasteiger partial charge in [0.15, 0.2) is 5.82 Å². The first-order valence-electron chi connectivity index (χ1n) is 5.76. The van der Waals surface area contributed by atoms with Gasteiger partial charge in [-0.05, 0) is 24.3 Å². The van der Waals surface area contributed by atoms with Gasteiger partial charge in [0.2, 0.25) is 0 Å². The number of anilines is 2. The van der Waals surface area contributed by atoms with Gasteiger partial charge in [0, 0.05) is 18.1 Å². The highest BCUT2D eigenvalue weighted by Crippen LogP contribution is 2.30. The molecular formula is C13H12ClFN2O3S. The molecule has 0 saturated heterocycles. The van der Waals surface area contributed by atoms with E-state index in [4.69, 9.17) is 17.3 Å². The number of nitrogen functional groups attached to an aromatic ring is 1. The molecule has 0 spiro atoms. The molecule has 0 aliphatic carbocycles. The molecule has 0 aliphatic heterocycles. The van der Waals surface area contributed by atoms with E-state index >= 15 is 0 Å². The maximum absolute atomic E-state index is 14.0. The lowest BCUT2D eigenvalue weighted by molar-refractivity contribution is 0.475. The van der Waals surface area contributed by atoms with E-state index in [1.807, 2.05) is 0 Å². The molecule has 2 rings (SSSR count). The number of aromatic hydroxyl groups is 1. The van der Waals surface area contributed by atoms with Gasteiger partial charge in [-0.15, -0.1) is 0 Å². The standard InChI is InChI=1S/C13H12ClFN2O3S/c1-17(9-3-2-4-10(18)7-9)21(19,20)12-6-8(14)5-11(16)13(12)15/h2-7,18H,16H2,1H3. The molecule has 0 aromatic heterocycles. The molecule has 112 valence electrons. The lowest BCUT2D eigenvalue weighted by Crippen LogP contribution is -2.27. The second-order valence-corrected chi connectivity index (χ2v) is 6.67. The summed E-state index contributed by atoms with van der Waals surface area (Å²) < 4.78 is 39.7. The lowest BCUT2D eigenvalue weighted by Gasteiger charge is -2.20. The van der Waals surface area contributed by atoms with Crippen molar-refractivity contribution in [2.45, 2.75) is 4.90 Å². The fourth-order valence-electron chi connectivity index (χ4n) is 1.75. The largest absolute Gasteiger partial charge is 0.508 e. The van der Waals surface area contributed by atoms with Gasteiger partial charge >= 0.3 is 0 Å². The van der Waals surface area contributed by atoms with Crippen LogP contribution in [0.5, 0.6) is 5.75 Å². The first-order valence-corrected chi connectivity index (χ1v) is 7.58. The summed E-state index contributed by atoms with van der Waals surface area (Å²) >= 11 is 5.73. The Balaban J connectivity index is 2.57. The van der Waals surface area contributed by atoms with Crippen molar-refractivity contribution in [1.82, 2.24) is 0 Å². The van der Waals surface area contributed by atoms with Crippen molar-refractivity contribution in [2.24, 2.45) is 0 Å². The molecule has 0 radical (unpaired) electrons. The third-order valence-electron chi connectivity index (χ3n) is 2.86. The van der Waals surface area contributed by atoms with Crippen molar-refractivity contribution in [2.75, 3.05) is 17.1 Å². The Hall–Kier alpha value is -1.99. The molecule has 0 fully saturated rings. The number of phenolic OH excluding ortho intramolecular Hbond substituents is 1. The summed E-state index contributed by atoms with van der Waals surface area (Å²) in [7, 11) is -2.96. The number of nitrogens with zero attached hydrogens (tertiary/aromatic N) is 1. The van der Waals surface area contributed by atoms with Gasteiger partial charge in [0.25, 0.3) is 10.0 Å². The molecule has 8 heteroatoms. The number of phenols is 1. The van der Waals surface area contributed by atoms with Crippen LogP contribution in [0, 0.1) is 5.82 Å². The third kappa shape index (κ3) is 2.88. The number of hydrogen-bond acceptors (Lipinski definition) is 4. The quantitative estimate of drug-likeness (QED) is 0.847. The minimum Gasteiger partial charge on any atom is -0.508 e. The van der Waals surface area contributed by atoms with Gasteiger partial charge < -0.3 is 10.8 Å². The second kappa shape index (κ2) is 5.42. The van der Waals surface area contributed by atoms with Crippen LogP contribution >= 0.6 is 11.6 Å². The Morgan fingerprint density at radius 1 is 1.29 bits per heavy atom. The zero-order valence-electron chi connectivity index (χ0n) is 10.9. The molecule has 0 heterocycles. The Morgan fingerprint density at radius 2 is 1.95 bits per heavy atom. The van der Waals surface area contributed by atoms with E-state index in [0.717, 1.165) is 16.4 Å². The summed E-state index contributed by atoms with van der Waals surface area (Å²) in [6.07, 6.45) is 0. The van der Waals surface area contributed by atoms with E-state index in [9.17, 15) is 17.9 Å². The molecule has 2 aromatic rings. The summed E-state index contributed by atoms with van der Waals surface area (Å²) in [5.74, 6) is -1.17. The number of rotatable bonds is 3. The van der Waals surface area contributed by atoms with Crippen molar-refractivity contribution in [3.63, 3.8) is 0 Å². The molecule has 0 aliphatic rings. The zero-order chi connectivity index (χ0) is 15.8. The topological polar surface area (TPSA) is 83.6 Å². The van der Waals surface area contributed by atoms with Crippen molar-refractivity contribution < 1.29 is 17.9 Å². The second-order valence-electron chi connectivity index (χ2n) is 4.30. The molecule has 0 amide bonds. The number of sulfonamides is 1. The third-order valence-corrected chi connectivity index (χ3v) is 4.87. The van der Waals surface area contributed by atoms with Crippen LogP contribution in [0.15, 0.2) is 41.3 Å². The molecule has 3 N–H and O–H groups in total. The summed E-state index contributed by atoms with van der Waals surface area (Å²) in [4.78, 5) is -0.627. The van der Waals surface area contributed by atoms with Crippen LogP contribution in [0.2, 0.25) is 5.02 Å². The van der Waals surface area contributed by atoms with Gasteiger partial charge in [-0.1, -0.05) is 17.7 Å². The van der Waals surface area contributed by atoms with Gasteiger partial charge in [-0.3, -0.25) is 4.31 Å². The number of hydrogen-bond donors (Lipinski definition) is 2. The van der Waals surface area contributed by atoms with Gasteiger partial charge in [0.1, 0.15) is 10.6 Å². The maximum atomic E-state index is 14.0. The average molecular weight is 331 g/mol. The molecule has 5 nitrogen and oxygen atoms in total. The van der Waals surface area contributed by atoms with Crippen molar-refractivity contribution in [1.29, 1.82) is 0 Å². The normalized spacial score (nSPS) is 11.4. The SMILES string of the molecule is CN(c1cccc(O)c1)S(=O)(=O)c1cc(Cl)cc(N)c1F.